The van der Waals surface area contributed by atoms with Crippen LogP contribution < -0.4 is 4.74 Å². The first-order valence-electron chi connectivity index (χ1n) is 6.71. The summed E-state index contributed by atoms with van der Waals surface area (Å²) in [6.07, 6.45) is 0. The maximum atomic E-state index is 12.4. The quantitative estimate of drug-likeness (QED) is 0.784. The van der Waals surface area contributed by atoms with Gasteiger partial charge in [0.15, 0.2) is 0 Å². The molecule has 1 amide bonds. The minimum atomic E-state index is -0.492. The van der Waals surface area contributed by atoms with Crippen molar-refractivity contribution in [2.24, 2.45) is 0 Å². The van der Waals surface area contributed by atoms with Gasteiger partial charge >= 0.3 is 0 Å². The predicted molar refractivity (Wildman–Crippen MR) is 92.0 cm³/mol. The highest BCUT2D eigenvalue weighted by Crippen LogP contribution is 2.38. The van der Waals surface area contributed by atoms with Crippen molar-refractivity contribution in [2.75, 3.05) is 20.2 Å². The van der Waals surface area contributed by atoms with Gasteiger partial charge in [0, 0.05) is 7.05 Å². The van der Waals surface area contributed by atoms with Crippen molar-refractivity contribution in [2.45, 2.75) is 0 Å². The van der Waals surface area contributed by atoms with Crippen molar-refractivity contribution in [3.8, 4) is 11.5 Å². The number of aromatic hydroxyl groups is 1. The molecule has 0 atom stereocenters. The summed E-state index contributed by atoms with van der Waals surface area (Å²) in [6.45, 7) is 0.590. The Morgan fingerprint density at radius 1 is 1.17 bits per heavy atom. The molecule has 0 aliphatic heterocycles. The molecule has 0 spiro atoms. The van der Waals surface area contributed by atoms with E-state index >= 15 is 0 Å². The van der Waals surface area contributed by atoms with Gasteiger partial charge in [0.05, 0.1) is 21.6 Å². The van der Waals surface area contributed by atoms with E-state index in [1.54, 1.807) is 7.05 Å². The van der Waals surface area contributed by atoms with Crippen molar-refractivity contribution >= 4 is 40.7 Å². The second-order valence-electron chi connectivity index (χ2n) is 4.77. The highest BCUT2D eigenvalue weighted by molar-refractivity contribution is 6.45. The SMILES string of the molecule is CN(CCOc1ccccc1)C(=O)c1c(O)c(Cl)cc(Cl)c1Cl. The fourth-order valence-electron chi connectivity index (χ4n) is 1.89. The molecule has 1 N–H and O–H groups in total. The van der Waals surface area contributed by atoms with Crippen LogP contribution in [0.25, 0.3) is 0 Å². The number of para-hydroxylation sites is 1. The molecule has 122 valence electrons. The Kier molecular flexibility index (Phi) is 5.99. The lowest BCUT2D eigenvalue weighted by Gasteiger charge is -2.19. The molecular formula is C16H14Cl3NO3. The average Bonchev–Trinajstić information content (AvgIpc) is 2.54. The number of hydrogen-bond acceptors (Lipinski definition) is 3. The van der Waals surface area contributed by atoms with Gasteiger partial charge in [0.1, 0.15) is 23.7 Å². The van der Waals surface area contributed by atoms with Crippen LogP contribution in [-0.4, -0.2) is 36.1 Å². The number of hydrogen-bond donors (Lipinski definition) is 1. The van der Waals surface area contributed by atoms with E-state index in [1.807, 2.05) is 30.3 Å². The van der Waals surface area contributed by atoms with Crippen molar-refractivity contribution in [1.29, 1.82) is 0 Å². The number of halogens is 3. The standard InChI is InChI=1S/C16H14Cl3NO3/c1-20(7-8-23-10-5-3-2-4-6-10)16(22)13-14(19)11(17)9-12(18)15(13)21/h2-6,9,21H,7-8H2,1H3. The fourth-order valence-corrected chi connectivity index (χ4v) is 2.58. The molecule has 4 nitrogen and oxygen atoms in total. The van der Waals surface area contributed by atoms with Crippen LogP contribution in [0.4, 0.5) is 0 Å². The topological polar surface area (TPSA) is 49.8 Å². The van der Waals surface area contributed by atoms with Crippen molar-refractivity contribution < 1.29 is 14.6 Å². The monoisotopic (exact) mass is 373 g/mol. The van der Waals surface area contributed by atoms with E-state index in [0.717, 1.165) is 0 Å². The number of carbonyl (C=O) groups is 1. The van der Waals surface area contributed by atoms with Crippen LogP contribution in [0.3, 0.4) is 0 Å². The first kappa shape index (κ1) is 17.7. The summed E-state index contributed by atoms with van der Waals surface area (Å²) < 4.78 is 5.53. The molecule has 2 aromatic rings. The summed E-state index contributed by atoms with van der Waals surface area (Å²) in [5.41, 5.74) is -0.119. The lowest BCUT2D eigenvalue weighted by Crippen LogP contribution is -2.31. The molecule has 0 fully saturated rings. The van der Waals surface area contributed by atoms with E-state index in [-0.39, 0.29) is 26.4 Å². The summed E-state index contributed by atoms with van der Waals surface area (Å²) >= 11 is 17.7. The molecule has 2 aromatic carbocycles. The first-order valence-corrected chi connectivity index (χ1v) is 7.85. The first-order chi connectivity index (χ1) is 10.9. The average molecular weight is 375 g/mol. The normalized spacial score (nSPS) is 10.4. The largest absolute Gasteiger partial charge is 0.505 e. The smallest absolute Gasteiger partial charge is 0.259 e. The fraction of sp³-hybridized carbons (Fsp3) is 0.188. The van der Waals surface area contributed by atoms with Crippen LogP contribution in [0, 0.1) is 0 Å². The summed E-state index contributed by atoms with van der Waals surface area (Å²) in [4.78, 5) is 13.8. The molecule has 23 heavy (non-hydrogen) atoms. The summed E-state index contributed by atoms with van der Waals surface area (Å²) in [7, 11) is 1.57. The second kappa shape index (κ2) is 7.77. The molecular weight excluding hydrogens is 361 g/mol. The molecule has 0 saturated heterocycles. The Hall–Kier alpha value is -1.62. The number of benzene rings is 2. The third-order valence-corrected chi connectivity index (χ3v) is 4.22. The Morgan fingerprint density at radius 3 is 2.48 bits per heavy atom. The minimum absolute atomic E-state index is 0.0308. The van der Waals surface area contributed by atoms with E-state index in [4.69, 9.17) is 39.5 Å². The van der Waals surface area contributed by atoms with E-state index in [1.165, 1.54) is 11.0 Å². The van der Waals surface area contributed by atoms with Gasteiger partial charge in [-0.25, -0.2) is 0 Å². The van der Waals surface area contributed by atoms with Gasteiger partial charge in [0.25, 0.3) is 5.91 Å². The zero-order valence-corrected chi connectivity index (χ0v) is 14.5. The Balaban J connectivity index is 2.06. The highest BCUT2D eigenvalue weighted by atomic mass is 35.5. The lowest BCUT2D eigenvalue weighted by molar-refractivity contribution is 0.0771. The molecule has 0 radical (unpaired) electrons. The van der Waals surface area contributed by atoms with Gasteiger partial charge in [-0.2, -0.15) is 0 Å². The lowest BCUT2D eigenvalue weighted by atomic mass is 10.1. The third kappa shape index (κ3) is 4.22. The number of rotatable bonds is 5. The number of ether oxygens (including phenoxy) is 1. The Morgan fingerprint density at radius 2 is 1.83 bits per heavy atom. The molecule has 0 heterocycles. The summed E-state index contributed by atoms with van der Waals surface area (Å²) in [5, 5.41) is 10.0. The Labute approximate surface area is 149 Å². The van der Waals surface area contributed by atoms with Gasteiger partial charge in [-0.1, -0.05) is 53.0 Å². The number of amides is 1. The van der Waals surface area contributed by atoms with E-state index < -0.39 is 5.91 Å². The maximum absolute atomic E-state index is 12.4. The second-order valence-corrected chi connectivity index (χ2v) is 5.96. The predicted octanol–water partition coefficient (Wildman–Crippen LogP) is 4.50. The number of phenolic OH excluding ortho intramolecular Hbond substituents is 1. The van der Waals surface area contributed by atoms with Crippen molar-refractivity contribution in [1.82, 2.24) is 4.90 Å². The van der Waals surface area contributed by atoms with E-state index in [0.29, 0.717) is 18.9 Å². The van der Waals surface area contributed by atoms with Crippen molar-refractivity contribution in [3.63, 3.8) is 0 Å². The molecule has 2 rings (SSSR count). The van der Waals surface area contributed by atoms with Crippen LogP contribution in [0.5, 0.6) is 11.5 Å². The van der Waals surface area contributed by atoms with E-state index in [9.17, 15) is 9.90 Å². The van der Waals surface area contributed by atoms with E-state index in [2.05, 4.69) is 0 Å². The van der Waals surface area contributed by atoms with Gasteiger partial charge in [0.2, 0.25) is 0 Å². The Bertz CT molecular complexity index is 681. The molecule has 0 bridgehead atoms. The number of carbonyl (C=O) groups excluding carboxylic acids is 1. The number of likely N-dealkylation sites (N-methyl/N-ethyl adjacent to an activating group) is 1. The zero-order chi connectivity index (χ0) is 17.0. The molecule has 0 unspecified atom stereocenters. The summed E-state index contributed by atoms with van der Waals surface area (Å²) in [6, 6.07) is 10.5. The molecule has 0 aromatic heterocycles. The van der Waals surface area contributed by atoms with Crippen LogP contribution in [0.2, 0.25) is 15.1 Å². The van der Waals surface area contributed by atoms with Crippen LogP contribution in [0.1, 0.15) is 10.4 Å². The number of phenols is 1. The molecule has 0 aliphatic carbocycles. The number of nitrogens with zero attached hydrogens (tertiary/aromatic N) is 1. The van der Waals surface area contributed by atoms with Crippen LogP contribution >= 0.6 is 34.8 Å². The maximum Gasteiger partial charge on any atom is 0.259 e. The van der Waals surface area contributed by atoms with Crippen molar-refractivity contribution in [3.05, 3.63) is 57.0 Å². The van der Waals surface area contributed by atoms with Crippen LogP contribution in [0.15, 0.2) is 36.4 Å². The third-order valence-electron chi connectivity index (χ3n) is 3.14. The summed E-state index contributed by atoms with van der Waals surface area (Å²) in [5.74, 6) is -0.171. The van der Waals surface area contributed by atoms with Crippen LogP contribution in [-0.2, 0) is 0 Å². The van der Waals surface area contributed by atoms with Gasteiger partial charge in [-0.05, 0) is 18.2 Å². The minimum Gasteiger partial charge on any atom is -0.505 e. The zero-order valence-electron chi connectivity index (χ0n) is 12.2. The molecule has 7 heteroatoms. The molecule has 0 aliphatic rings. The van der Waals surface area contributed by atoms with Gasteiger partial charge in [-0.15, -0.1) is 0 Å². The highest BCUT2D eigenvalue weighted by Gasteiger charge is 2.23. The van der Waals surface area contributed by atoms with Gasteiger partial charge < -0.3 is 14.7 Å². The molecule has 0 saturated carbocycles. The van der Waals surface area contributed by atoms with Gasteiger partial charge in [-0.3, -0.25) is 4.79 Å².